The van der Waals surface area contributed by atoms with Crippen molar-refractivity contribution in [2.45, 2.75) is 24.4 Å². The molecule has 0 fully saturated rings. The van der Waals surface area contributed by atoms with Crippen LogP contribution >= 0.6 is 0 Å². The topological polar surface area (TPSA) is 72.0 Å². The highest BCUT2D eigenvalue weighted by Crippen LogP contribution is 2.31. The van der Waals surface area contributed by atoms with E-state index >= 15 is 0 Å². The first-order valence-corrected chi connectivity index (χ1v) is 9.01. The van der Waals surface area contributed by atoms with E-state index in [9.17, 15) is 21.6 Å². The Labute approximate surface area is 137 Å². The Kier molecular flexibility index (Phi) is 5.12. The fourth-order valence-corrected chi connectivity index (χ4v) is 2.56. The van der Waals surface area contributed by atoms with Gasteiger partial charge in [0.1, 0.15) is 0 Å². The molecule has 0 aliphatic heterocycles. The Morgan fingerprint density at radius 3 is 2.25 bits per heavy atom. The number of halogens is 3. The molecule has 0 bridgehead atoms. The van der Waals surface area contributed by atoms with Gasteiger partial charge in [0.25, 0.3) is 0 Å². The van der Waals surface area contributed by atoms with E-state index in [4.69, 9.17) is 0 Å². The molecule has 5 nitrogen and oxygen atoms in total. The lowest BCUT2D eigenvalue weighted by Gasteiger charge is -2.11. The van der Waals surface area contributed by atoms with E-state index in [-0.39, 0.29) is 16.5 Å². The zero-order valence-electron chi connectivity index (χ0n) is 13.1. The number of aromatic nitrogens is 2. The molecule has 2 rings (SSSR count). The molecule has 0 saturated heterocycles. The highest BCUT2D eigenvalue weighted by atomic mass is 32.2. The molecular weight excluding hydrogens is 343 g/mol. The summed E-state index contributed by atoms with van der Waals surface area (Å²) in [5, 5.41) is 2.73. The predicted octanol–water partition coefficient (Wildman–Crippen LogP) is 3.39. The lowest BCUT2D eigenvalue weighted by molar-refractivity contribution is -0.141. The quantitative estimate of drug-likeness (QED) is 0.886. The molecule has 2 aromatic rings. The van der Waals surface area contributed by atoms with Crippen LogP contribution in [0.3, 0.4) is 0 Å². The summed E-state index contributed by atoms with van der Waals surface area (Å²) in [4.78, 5) is 7.64. The maximum absolute atomic E-state index is 13.0. The Morgan fingerprint density at radius 2 is 1.75 bits per heavy atom. The van der Waals surface area contributed by atoms with Crippen LogP contribution in [0.2, 0.25) is 0 Å². The van der Waals surface area contributed by atoms with Crippen molar-refractivity contribution >= 4 is 15.8 Å². The zero-order chi connectivity index (χ0) is 18.0. The van der Waals surface area contributed by atoms with Gasteiger partial charge in [-0.15, -0.1) is 0 Å². The summed E-state index contributed by atoms with van der Waals surface area (Å²) in [6.07, 6.45) is -2.84. The average Bonchev–Trinajstić information content (AvgIpc) is 2.51. The molecule has 9 heteroatoms. The molecule has 0 radical (unpaired) electrons. The van der Waals surface area contributed by atoms with Crippen LogP contribution in [0.25, 0.3) is 11.3 Å². The maximum Gasteiger partial charge on any atom is 0.433 e. The van der Waals surface area contributed by atoms with E-state index in [2.05, 4.69) is 15.3 Å². The third-order valence-electron chi connectivity index (χ3n) is 3.13. The molecule has 24 heavy (non-hydrogen) atoms. The molecule has 0 aliphatic carbocycles. The minimum absolute atomic E-state index is 0.0657. The highest BCUT2D eigenvalue weighted by molar-refractivity contribution is 7.90. The van der Waals surface area contributed by atoms with Gasteiger partial charge in [0.2, 0.25) is 5.95 Å². The van der Waals surface area contributed by atoms with Gasteiger partial charge in [-0.05, 0) is 24.6 Å². The summed E-state index contributed by atoms with van der Waals surface area (Å²) in [6, 6.07) is 6.34. The largest absolute Gasteiger partial charge is 0.433 e. The third kappa shape index (κ3) is 4.44. The number of alkyl halides is 3. The summed E-state index contributed by atoms with van der Waals surface area (Å²) in [5.41, 5.74) is -0.621. The minimum Gasteiger partial charge on any atom is -0.354 e. The van der Waals surface area contributed by atoms with Crippen molar-refractivity contribution in [2.75, 3.05) is 18.1 Å². The van der Waals surface area contributed by atoms with Gasteiger partial charge in [-0.25, -0.2) is 18.4 Å². The number of rotatable bonds is 5. The van der Waals surface area contributed by atoms with Gasteiger partial charge in [-0.2, -0.15) is 13.2 Å². The standard InChI is InChI=1S/C15H16F3N3O2S/c1-3-8-19-14-20-12(9-13(21-14)15(16,17)18)10-4-6-11(7-5-10)24(2,22)23/h4-7,9H,3,8H2,1-2H3,(H,19,20,21). The van der Waals surface area contributed by atoms with E-state index in [1.807, 2.05) is 6.92 Å². The van der Waals surface area contributed by atoms with Gasteiger partial charge < -0.3 is 5.32 Å². The van der Waals surface area contributed by atoms with Crippen LogP contribution in [-0.2, 0) is 16.0 Å². The van der Waals surface area contributed by atoms with Crippen molar-refractivity contribution in [3.05, 3.63) is 36.0 Å². The third-order valence-corrected chi connectivity index (χ3v) is 4.26. The second kappa shape index (κ2) is 6.76. The molecule has 1 aromatic heterocycles. The molecule has 1 aromatic carbocycles. The second-order valence-corrected chi connectivity index (χ2v) is 7.20. The zero-order valence-corrected chi connectivity index (χ0v) is 13.9. The van der Waals surface area contributed by atoms with E-state index in [0.717, 1.165) is 12.3 Å². The Hall–Kier alpha value is -2.16. The average molecular weight is 359 g/mol. The summed E-state index contributed by atoms with van der Waals surface area (Å²) in [5.74, 6) is -0.117. The molecular formula is C15H16F3N3O2S. The number of benzene rings is 1. The van der Waals surface area contributed by atoms with Gasteiger partial charge in [0, 0.05) is 18.4 Å². The molecule has 130 valence electrons. The van der Waals surface area contributed by atoms with E-state index in [0.29, 0.717) is 18.5 Å². The summed E-state index contributed by atoms with van der Waals surface area (Å²) >= 11 is 0. The summed E-state index contributed by atoms with van der Waals surface area (Å²) in [7, 11) is -3.38. The molecule has 0 atom stereocenters. The minimum atomic E-state index is -4.60. The van der Waals surface area contributed by atoms with Crippen molar-refractivity contribution < 1.29 is 21.6 Å². The summed E-state index contributed by atoms with van der Waals surface area (Å²) < 4.78 is 61.9. The van der Waals surface area contributed by atoms with Crippen LogP contribution in [-0.4, -0.2) is 31.2 Å². The van der Waals surface area contributed by atoms with E-state index in [1.54, 1.807) is 0 Å². The first-order chi connectivity index (χ1) is 11.1. The molecule has 0 amide bonds. The van der Waals surface area contributed by atoms with E-state index < -0.39 is 21.7 Å². The predicted molar refractivity (Wildman–Crippen MR) is 84.4 cm³/mol. The van der Waals surface area contributed by atoms with Gasteiger partial charge in [0.05, 0.1) is 10.6 Å². The van der Waals surface area contributed by atoms with Gasteiger partial charge in [-0.1, -0.05) is 19.1 Å². The van der Waals surface area contributed by atoms with Gasteiger partial charge in [-0.3, -0.25) is 0 Å². The maximum atomic E-state index is 13.0. The number of sulfone groups is 1. The smallest absolute Gasteiger partial charge is 0.354 e. The van der Waals surface area contributed by atoms with Crippen LogP contribution in [0.4, 0.5) is 19.1 Å². The first-order valence-electron chi connectivity index (χ1n) is 7.12. The van der Waals surface area contributed by atoms with Crippen molar-refractivity contribution in [3.63, 3.8) is 0 Å². The highest BCUT2D eigenvalue weighted by Gasteiger charge is 2.33. The van der Waals surface area contributed by atoms with Crippen LogP contribution in [0.15, 0.2) is 35.2 Å². The number of hydrogen-bond donors (Lipinski definition) is 1. The van der Waals surface area contributed by atoms with Crippen LogP contribution in [0.5, 0.6) is 0 Å². The normalized spacial score (nSPS) is 12.2. The lowest BCUT2D eigenvalue weighted by Crippen LogP contribution is -2.13. The Morgan fingerprint density at radius 1 is 1.12 bits per heavy atom. The van der Waals surface area contributed by atoms with Gasteiger partial charge in [0.15, 0.2) is 15.5 Å². The number of hydrogen-bond acceptors (Lipinski definition) is 5. The molecule has 0 saturated carbocycles. The second-order valence-electron chi connectivity index (χ2n) is 5.18. The monoisotopic (exact) mass is 359 g/mol. The first kappa shape index (κ1) is 18.2. The van der Waals surface area contributed by atoms with Crippen molar-refractivity contribution in [1.29, 1.82) is 0 Å². The Bertz CT molecular complexity index is 819. The van der Waals surface area contributed by atoms with Crippen molar-refractivity contribution in [1.82, 2.24) is 9.97 Å². The van der Waals surface area contributed by atoms with Gasteiger partial charge >= 0.3 is 6.18 Å². The molecule has 1 heterocycles. The number of nitrogens with zero attached hydrogens (tertiary/aromatic N) is 2. The van der Waals surface area contributed by atoms with Crippen LogP contribution < -0.4 is 5.32 Å². The SMILES string of the molecule is CCCNc1nc(-c2ccc(S(C)(=O)=O)cc2)cc(C(F)(F)F)n1. The molecule has 1 N–H and O–H groups in total. The molecule has 0 aliphatic rings. The fourth-order valence-electron chi connectivity index (χ4n) is 1.93. The number of anilines is 1. The van der Waals surface area contributed by atoms with Crippen LogP contribution in [0, 0.1) is 0 Å². The molecule has 0 spiro atoms. The molecule has 0 unspecified atom stereocenters. The lowest BCUT2D eigenvalue weighted by atomic mass is 10.1. The summed E-state index contributed by atoms with van der Waals surface area (Å²) in [6.45, 7) is 2.30. The van der Waals surface area contributed by atoms with Crippen LogP contribution in [0.1, 0.15) is 19.0 Å². The van der Waals surface area contributed by atoms with Crippen molar-refractivity contribution in [3.8, 4) is 11.3 Å². The number of nitrogens with one attached hydrogen (secondary N) is 1. The van der Waals surface area contributed by atoms with Crippen molar-refractivity contribution in [2.24, 2.45) is 0 Å². The fraction of sp³-hybridized carbons (Fsp3) is 0.333. The Balaban J connectivity index is 2.48. The van der Waals surface area contributed by atoms with E-state index in [1.165, 1.54) is 24.3 Å².